The van der Waals surface area contributed by atoms with Crippen molar-refractivity contribution >= 4 is 11.8 Å². The Bertz CT molecular complexity index is 521. The lowest BCUT2D eigenvalue weighted by Gasteiger charge is -2.15. The summed E-state index contributed by atoms with van der Waals surface area (Å²) in [6.07, 6.45) is 2.08. The smallest absolute Gasteiger partial charge is 0.118 e. The molecule has 1 atom stereocenters. The molecule has 0 fully saturated rings. The minimum Gasteiger partial charge on any atom is -0.464 e. The summed E-state index contributed by atoms with van der Waals surface area (Å²) < 4.78 is 5.76. The zero-order valence-corrected chi connectivity index (χ0v) is 12.6. The van der Waals surface area contributed by atoms with Crippen LogP contribution < -0.4 is 5.32 Å². The van der Waals surface area contributed by atoms with Crippen molar-refractivity contribution in [3.8, 4) is 0 Å². The highest BCUT2D eigenvalue weighted by Crippen LogP contribution is 2.18. The molecule has 2 nitrogen and oxygen atoms in total. The maximum Gasteiger partial charge on any atom is 0.118 e. The van der Waals surface area contributed by atoms with Crippen LogP contribution in [0.5, 0.6) is 0 Å². The molecule has 19 heavy (non-hydrogen) atoms. The van der Waals surface area contributed by atoms with Gasteiger partial charge in [-0.05, 0) is 43.4 Å². The largest absolute Gasteiger partial charge is 0.464 e. The molecule has 1 aromatic heterocycles. The highest BCUT2D eigenvalue weighted by Gasteiger charge is 2.08. The van der Waals surface area contributed by atoms with Crippen molar-refractivity contribution in [3.05, 3.63) is 59.0 Å². The Morgan fingerprint density at radius 2 is 1.89 bits per heavy atom. The van der Waals surface area contributed by atoms with E-state index in [0.29, 0.717) is 6.04 Å². The van der Waals surface area contributed by atoms with Crippen LogP contribution in [0.4, 0.5) is 0 Å². The number of furan rings is 1. The highest BCUT2D eigenvalue weighted by molar-refractivity contribution is 7.97. The van der Waals surface area contributed by atoms with E-state index < -0.39 is 0 Å². The third-order valence-corrected chi connectivity index (χ3v) is 3.81. The lowest BCUT2D eigenvalue weighted by Crippen LogP contribution is -2.18. The molecule has 0 aliphatic heterocycles. The van der Waals surface area contributed by atoms with E-state index in [9.17, 15) is 0 Å². The first-order valence-corrected chi connectivity index (χ1v) is 7.95. The van der Waals surface area contributed by atoms with Gasteiger partial charge < -0.3 is 9.73 Å². The molecular formula is C16H21NOS. The van der Waals surface area contributed by atoms with E-state index in [1.807, 2.05) is 0 Å². The van der Waals surface area contributed by atoms with Crippen molar-refractivity contribution < 1.29 is 4.42 Å². The second kappa shape index (κ2) is 6.83. The van der Waals surface area contributed by atoms with Gasteiger partial charge >= 0.3 is 0 Å². The fourth-order valence-corrected chi connectivity index (χ4v) is 2.61. The number of thioether (sulfide) groups is 1. The van der Waals surface area contributed by atoms with Gasteiger partial charge in [0, 0.05) is 6.04 Å². The van der Waals surface area contributed by atoms with Gasteiger partial charge in [0.2, 0.25) is 0 Å². The molecule has 0 unspecified atom stereocenters. The molecule has 0 bridgehead atoms. The molecule has 102 valence electrons. The summed E-state index contributed by atoms with van der Waals surface area (Å²) >= 11 is 1.78. The van der Waals surface area contributed by atoms with E-state index in [1.165, 1.54) is 11.1 Å². The fraction of sp³-hybridized carbons (Fsp3) is 0.375. The van der Waals surface area contributed by atoms with Crippen molar-refractivity contribution in [3.63, 3.8) is 0 Å². The Balaban J connectivity index is 1.92. The maximum atomic E-state index is 5.76. The van der Waals surface area contributed by atoms with Gasteiger partial charge in [-0.15, -0.1) is 0 Å². The molecule has 0 aliphatic rings. The van der Waals surface area contributed by atoms with E-state index in [2.05, 4.69) is 61.8 Å². The van der Waals surface area contributed by atoms with Crippen molar-refractivity contribution in [1.29, 1.82) is 0 Å². The zero-order valence-electron chi connectivity index (χ0n) is 11.8. The zero-order chi connectivity index (χ0) is 13.7. The first-order chi connectivity index (χ1) is 9.20. The first-order valence-electron chi connectivity index (χ1n) is 6.56. The Morgan fingerprint density at radius 3 is 2.63 bits per heavy atom. The second-order valence-corrected chi connectivity index (χ2v) is 5.63. The standard InChI is InChI=1S/C16H21NOS/c1-12-6-4-5-7-16(12)13(2)17-10-14-8-9-15(18-14)11-19-3/h4-9,13,17H,10-11H2,1-3H3/t13-/m0/s1. The summed E-state index contributed by atoms with van der Waals surface area (Å²) in [5, 5.41) is 3.51. The van der Waals surface area contributed by atoms with Crippen molar-refractivity contribution in [2.75, 3.05) is 6.26 Å². The number of nitrogens with one attached hydrogen (secondary N) is 1. The number of hydrogen-bond acceptors (Lipinski definition) is 3. The molecule has 3 heteroatoms. The van der Waals surface area contributed by atoms with Gasteiger partial charge in [0.05, 0.1) is 12.3 Å². The molecule has 0 saturated heterocycles. The van der Waals surface area contributed by atoms with Crippen LogP contribution in [0.3, 0.4) is 0 Å². The fourth-order valence-electron chi connectivity index (χ4n) is 2.17. The number of aryl methyl sites for hydroxylation is 1. The van der Waals surface area contributed by atoms with Crippen LogP contribution in [0.1, 0.15) is 35.6 Å². The van der Waals surface area contributed by atoms with Crippen molar-refractivity contribution in [1.82, 2.24) is 5.32 Å². The lowest BCUT2D eigenvalue weighted by atomic mass is 10.0. The average molecular weight is 275 g/mol. The van der Waals surface area contributed by atoms with Gasteiger partial charge in [0.15, 0.2) is 0 Å². The number of benzene rings is 1. The predicted molar refractivity (Wildman–Crippen MR) is 82.4 cm³/mol. The third kappa shape index (κ3) is 3.88. The Labute approximate surface area is 119 Å². The molecule has 2 aromatic rings. The average Bonchev–Trinajstić information content (AvgIpc) is 2.85. The molecule has 1 aromatic carbocycles. The van der Waals surface area contributed by atoms with Crippen LogP contribution in [0.25, 0.3) is 0 Å². The monoisotopic (exact) mass is 275 g/mol. The lowest BCUT2D eigenvalue weighted by molar-refractivity contribution is 0.442. The van der Waals surface area contributed by atoms with Crippen LogP contribution in [-0.4, -0.2) is 6.26 Å². The van der Waals surface area contributed by atoms with Gasteiger partial charge in [-0.3, -0.25) is 0 Å². The van der Waals surface area contributed by atoms with Gasteiger partial charge in [-0.25, -0.2) is 0 Å². The first kappa shape index (κ1) is 14.2. The molecule has 0 radical (unpaired) electrons. The summed E-state index contributed by atoms with van der Waals surface area (Å²) in [6.45, 7) is 5.11. The molecule has 1 N–H and O–H groups in total. The van der Waals surface area contributed by atoms with Crippen molar-refractivity contribution in [2.24, 2.45) is 0 Å². The van der Waals surface area contributed by atoms with Gasteiger partial charge in [-0.2, -0.15) is 11.8 Å². The number of hydrogen-bond donors (Lipinski definition) is 1. The van der Waals surface area contributed by atoms with E-state index in [-0.39, 0.29) is 0 Å². The van der Waals surface area contributed by atoms with Gasteiger partial charge in [0.25, 0.3) is 0 Å². The van der Waals surface area contributed by atoms with Crippen LogP contribution in [-0.2, 0) is 12.3 Å². The third-order valence-electron chi connectivity index (χ3n) is 3.24. The topological polar surface area (TPSA) is 25.2 Å². The quantitative estimate of drug-likeness (QED) is 0.851. The second-order valence-electron chi connectivity index (χ2n) is 4.76. The van der Waals surface area contributed by atoms with Crippen molar-refractivity contribution in [2.45, 2.75) is 32.2 Å². The SMILES string of the molecule is CSCc1ccc(CN[C@@H](C)c2ccccc2C)o1. The minimum atomic E-state index is 0.329. The molecular weight excluding hydrogens is 254 g/mol. The van der Waals surface area contributed by atoms with Crippen LogP contribution in [0.15, 0.2) is 40.8 Å². The maximum absolute atomic E-state index is 5.76. The van der Waals surface area contributed by atoms with Crippen LogP contribution >= 0.6 is 11.8 Å². The molecule has 0 saturated carbocycles. The Morgan fingerprint density at radius 1 is 1.16 bits per heavy atom. The Hall–Kier alpha value is -1.19. The molecule has 0 spiro atoms. The van der Waals surface area contributed by atoms with Gasteiger partial charge in [0.1, 0.15) is 11.5 Å². The molecule has 0 amide bonds. The molecule has 2 rings (SSSR count). The molecule has 1 heterocycles. The van der Waals surface area contributed by atoms with Crippen LogP contribution in [0, 0.1) is 6.92 Å². The summed E-state index contributed by atoms with van der Waals surface area (Å²) in [6, 6.07) is 12.9. The Kier molecular flexibility index (Phi) is 5.11. The predicted octanol–water partition coefficient (Wildman–Crippen LogP) is 4.30. The van der Waals surface area contributed by atoms with E-state index >= 15 is 0 Å². The summed E-state index contributed by atoms with van der Waals surface area (Å²) in [5.74, 6) is 2.99. The van der Waals surface area contributed by atoms with E-state index in [0.717, 1.165) is 23.8 Å². The summed E-state index contributed by atoms with van der Waals surface area (Å²) in [5.41, 5.74) is 2.67. The summed E-state index contributed by atoms with van der Waals surface area (Å²) in [4.78, 5) is 0. The van der Waals surface area contributed by atoms with Crippen LogP contribution in [0.2, 0.25) is 0 Å². The normalized spacial score (nSPS) is 12.6. The minimum absolute atomic E-state index is 0.329. The number of rotatable bonds is 6. The highest BCUT2D eigenvalue weighted by atomic mass is 32.2. The van der Waals surface area contributed by atoms with Gasteiger partial charge in [-0.1, -0.05) is 24.3 Å². The molecule has 0 aliphatic carbocycles. The summed E-state index contributed by atoms with van der Waals surface area (Å²) in [7, 11) is 0. The van der Waals surface area contributed by atoms with E-state index in [1.54, 1.807) is 11.8 Å². The van der Waals surface area contributed by atoms with E-state index in [4.69, 9.17) is 4.42 Å².